The first-order valence-electron chi connectivity index (χ1n) is 5.63. The van der Waals surface area contributed by atoms with Crippen LogP contribution in [0.5, 0.6) is 0 Å². The van der Waals surface area contributed by atoms with E-state index in [0.717, 1.165) is 13.0 Å². The van der Waals surface area contributed by atoms with Crippen LogP contribution in [0.15, 0.2) is 30.3 Å². The third-order valence-corrected chi connectivity index (χ3v) is 3.49. The number of aliphatic carboxylic acids is 1. The molecular weight excluding hydrogens is 202 g/mol. The molecule has 3 heteroatoms. The van der Waals surface area contributed by atoms with E-state index in [0.29, 0.717) is 6.42 Å². The molecular formula is C13H17NO2. The molecule has 1 fully saturated rings. The quantitative estimate of drug-likeness (QED) is 0.797. The first kappa shape index (κ1) is 11.1. The number of rotatable bonds is 2. The number of carboxylic acids is 1. The number of nitrogens with one attached hydrogen (secondary N) is 1. The molecule has 0 spiro atoms. The fourth-order valence-corrected chi connectivity index (χ4v) is 2.42. The van der Waals surface area contributed by atoms with Crippen LogP contribution in [0, 0.1) is 0 Å². The van der Waals surface area contributed by atoms with Crippen LogP contribution in [-0.2, 0) is 10.2 Å². The SMILES string of the molecule is CC1(c2ccccc2)CCNC(C(=O)O)C1. The van der Waals surface area contributed by atoms with Gasteiger partial charge in [-0.1, -0.05) is 37.3 Å². The predicted octanol–water partition coefficient (Wildman–Crippen LogP) is 1.78. The number of carbonyl (C=O) groups is 1. The molecule has 0 bridgehead atoms. The molecule has 0 radical (unpaired) electrons. The minimum Gasteiger partial charge on any atom is -0.480 e. The summed E-state index contributed by atoms with van der Waals surface area (Å²) in [5.74, 6) is -0.748. The van der Waals surface area contributed by atoms with Crippen LogP contribution in [0.1, 0.15) is 25.3 Å². The van der Waals surface area contributed by atoms with Gasteiger partial charge in [-0.3, -0.25) is 4.79 Å². The second kappa shape index (κ2) is 4.26. The van der Waals surface area contributed by atoms with Crippen molar-refractivity contribution in [1.82, 2.24) is 5.32 Å². The molecule has 1 heterocycles. The van der Waals surface area contributed by atoms with E-state index in [4.69, 9.17) is 5.11 Å². The van der Waals surface area contributed by atoms with Crippen molar-refractivity contribution in [3.8, 4) is 0 Å². The van der Waals surface area contributed by atoms with Crippen LogP contribution in [0.2, 0.25) is 0 Å². The zero-order valence-corrected chi connectivity index (χ0v) is 9.44. The molecule has 1 aliphatic heterocycles. The summed E-state index contributed by atoms with van der Waals surface area (Å²) in [7, 11) is 0. The molecule has 2 unspecified atom stereocenters. The average Bonchev–Trinajstić information content (AvgIpc) is 2.30. The summed E-state index contributed by atoms with van der Waals surface area (Å²) in [6.45, 7) is 2.92. The topological polar surface area (TPSA) is 49.3 Å². The summed E-state index contributed by atoms with van der Waals surface area (Å²) in [6.07, 6.45) is 1.65. The second-order valence-corrected chi connectivity index (χ2v) is 4.73. The van der Waals surface area contributed by atoms with Crippen LogP contribution >= 0.6 is 0 Å². The van der Waals surface area contributed by atoms with Crippen molar-refractivity contribution in [3.05, 3.63) is 35.9 Å². The van der Waals surface area contributed by atoms with E-state index in [2.05, 4.69) is 24.4 Å². The highest BCUT2D eigenvalue weighted by molar-refractivity contribution is 5.73. The Morgan fingerprint density at radius 2 is 2.12 bits per heavy atom. The third-order valence-electron chi connectivity index (χ3n) is 3.49. The Labute approximate surface area is 95.5 Å². The van der Waals surface area contributed by atoms with Crippen molar-refractivity contribution in [2.24, 2.45) is 0 Å². The van der Waals surface area contributed by atoms with Crippen molar-refractivity contribution in [3.63, 3.8) is 0 Å². The maximum atomic E-state index is 11.0. The van der Waals surface area contributed by atoms with Crippen LogP contribution < -0.4 is 5.32 Å². The van der Waals surface area contributed by atoms with Crippen LogP contribution in [0.4, 0.5) is 0 Å². The average molecular weight is 219 g/mol. The minimum atomic E-state index is -0.748. The fraction of sp³-hybridized carbons (Fsp3) is 0.462. The number of piperidine rings is 1. The molecule has 0 aliphatic carbocycles. The fourth-order valence-electron chi connectivity index (χ4n) is 2.42. The van der Waals surface area contributed by atoms with Gasteiger partial charge in [-0.05, 0) is 30.4 Å². The van der Waals surface area contributed by atoms with Gasteiger partial charge in [0.25, 0.3) is 0 Å². The van der Waals surface area contributed by atoms with Crippen molar-refractivity contribution in [1.29, 1.82) is 0 Å². The monoisotopic (exact) mass is 219 g/mol. The Morgan fingerprint density at radius 1 is 1.44 bits per heavy atom. The molecule has 16 heavy (non-hydrogen) atoms. The molecule has 2 atom stereocenters. The molecule has 1 aromatic carbocycles. The van der Waals surface area contributed by atoms with E-state index in [1.807, 2.05) is 18.2 Å². The van der Waals surface area contributed by atoms with Gasteiger partial charge >= 0.3 is 5.97 Å². The molecule has 0 saturated carbocycles. The Kier molecular flexibility index (Phi) is 2.97. The Morgan fingerprint density at radius 3 is 2.75 bits per heavy atom. The van der Waals surface area contributed by atoms with E-state index in [-0.39, 0.29) is 5.41 Å². The molecule has 1 saturated heterocycles. The lowest BCUT2D eigenvalue weighted by molar-refractivity contribution is -0.140. The maximum absolute atomic E-state index is 11.0. The molecule has 0 aromatic heterocycles. The normalized spacial score (nSPS) is 29.9. The van der Waals surface area contributed by atoms with Gasteiger partial charge in [0.05, 0.1) is 0 Å². The van der Waals surface area contributed by atoms with E-state index in [1.165, 1.54) is 5.56 Å². The van der Waals surface area contributed by atoms with Gasteiger partial charge in [0.1, 0.15) is 6.04 Å². The standard InChI is InChI=1S/C13H17NO2/c1-13(10-5-3-2-4-6-10)7-8-14-11(9-13)12(15)16/h2-6,11,14H,7-9H2,1H3,(H,15,16). The second-order valence-electron chi connectivity index (χ2n) is 4.73. The van der Waals surface area contributed by atoms with E-state index >= 15 is 0 Å². The Hall–Kier alpha value is -1.35. The highest BCUT2D eigenvalue weighted by Gasteiger charge is 2.36. The summed E-state index contributed by atoms with van der Waals surface area (Å²) in [5, 5.41) is 12.1. The van der Waals surface area contributed by atoms with Crippen molar-refractivity contribution in [2.75, 3.05) is 6.54 Å². The lowest BCUT2D eigenvalue weighted by atomic mass is 9.72. The van der Waals surface area contributed by atoms with Crippen LogP contribution in [-0.4, -0.2) is 23.7 Å². The largest absolute Gasteiger partial charge is 0.480 e. The first-order valence-corrected chi connectivity index (χ1v) is 5.63. The highest BCUT2D eigenvalue weighted by Crippen LogP contribution is 2.34. The van der Waals surface area contributed by atoms with Crippen LogP contribution in [0.3, 0.4) is 0 Å². The molecule has 2 rings (SSSR count). The zero-order chi connectivity index (χ0) is 11.6. The smallest absolute Gasteiger partial charge is 0.320 e. The number of benzene rings is 1. The molecule has 1 aromatic rings. The number of hydrogen-bond donors (Lipinski definition) is 2. The van der Waals surface area contributed by atoms with E-state index < -0.39 is 12.0 Å². The lowest BCUT2D eigenvalue weighted by Gasteiger charge is -2.37. The minimum absolute atomic E-state index is 0.0183. The van der Waals surface area contributed by atoms with Crippen molar-refractivity contribution in [2.45, 2.75) is 31.2 Å². The van der Waals surface area contributed by atoms with Gasteiger partial charge in [-0.2, -0.15) is 0 Å². The number of hydrogen-bond acceptors (Lipinski definition) is 2. The van der Waals surface area contributed by atoms with Gasteiger partial charge in [0.2, 0.25) is 0 Å². The highest BCUT2D eigenvalue weighted by atomic mass is 16.4. The Balaban J connectivity index is 2.22. The zero-order valence-electron chi connectivity index (χ0n) is 9.44. The molecule has 1 aliphatic rings. The predicted molar refractivity (Wildman–Crippen MR) is 62.5 cm³/mol. The van der Waals surface area contributed by atoms with Crippen molar-refractivity contribution >= 4 is 5.97 Å². The van der Waals surface area contributed by atoms with E-state index in [1.54, 1.807) is 0 Å². The Bertz CT molecular complexity index is 377. The van der Waals surface area contributed by atoms with Crippen LogP contribution in [0.25, 0.3) is 0 Å². The van der Waals surface area contributed by atoms with Gasteiger partial charge in [0.15, 0.2) is 0 Å². The summed E-state index contributed by atoms with van der Waals surface area (Å²) in [5.41, 5.74) is 1.22. The number of carboxylic acid groups (broad SMARTS) is 1. The summed E-state index contributed by atoms with van der Waals surface area (Å²) < 4.78 is 0. The summed E-state index contributed by atoms with van der Waals surface area (Å²) >= 11 is 0. The first-order chi connectivity index (χ1) is 7.62. The third kappa shape index (κ3) is 2.09. The molecule has 2 N–H and O–H groups in total. The molecule has 86 valence electrons. The summed E-state index contributed by atoms with van der Waals surface area (Å²) in [6, 6.07) is 9.77. The van der Waals surface area contributed by atoms with Gasteiger partial charge in [0, 0.05) is 0 Å². The summed E-state index contributed by atoms with van der Waals surface area (Å²) in [4.78, 5) is 11.0. The lowest BCUT2D eigenvalue weighted by Crippen LogP contribution is -2.48. The van der Waals surface area contributed by atoms with Gasteiger partial charge < -0.3 is 10.4 Å². The molecule has 3 nitrogen and oxygen atoms in total. The van der Waals surface area contributed by atoms with Gasteiger partial charge in [-0.25, -0.2) is 0 Å². The maximum Gasteiger partial charge on any atom is 0.320 e. The van der Waals surface area contributed by atoms with Crippen molar-refractivity contribution < 1.29 is 9.90 Å². The molecule has 0 amide bonds. The van der Waals surface area contributed by atoms with Gasteiger partial charge in [-0.15, -0.1) is 0 Å². The van der Waals surface area contributed by atoms with E-state index in [9.17, 15) is 4.79 Å².